The quantitative estimate of drug-likeness (QED) is 0.180. The Morgan fingerprint density at radius 1 is 0.370 bits per heavy atom. The van der Waals surface area contributed by atoms with Gasteiger partial charge in [-0.3, -0.25) is 0 Å². The zero-order valence-corrected chi connectivity index (χ0v) is 25.5. The first-order chi connectivity index (χ1) is 22.8. The van der Waals surface area contributed by atoms with Gasteiger partial charge < -0.3 is 4.42 Å². The summed E-state index contributed by atoms with van der Waals surface area (Å²) in [7, 11) is 0. The summed E-state index contributed by atoms with van der Waals surface area (Å²) in [5.74, 6) is 0. The van der Waals surface area contributed by atoms with Crippen molar-refractivity contribution in [1.82, 2.24) is 0 Å². The molecule has 0 atom stereocenters. The fraction of sp³-hybridized carbons (Fsp3) is 0. The summed E-state index contributed by atoms with van der Waals surface area (Å²) in [4.78, 5) is 0. The van der Waals surface area contributed by atoms with Gasteiger partial charge in [-0.25, -0.2) is 0 Å². The van der Waals surface area contributed by atoms with E-state index in [0.29, 0.717) is 0 Å². The summed E-state index contributed by atoms with van der Waals surface area (Å²) in [6.45, 7) is 0. The largest absolute Gasteiger partial charge is 0.455 e. The maximum Gasteiger partial charge on any atom is 0.143 e. The first-order valence-electron chi connectivity index (χ1n) is 15.8. The van der Waals surface area contributed by atoms with E-state index in [1.165, 1.54) is 85.3 Å². The lowest BCUT2D eigenvalue weighted by Crippen LogP contribution is -1.89. The first kappa shape index (κ1) is 24.6. The Labute approximate surface area is 267 Å². The average molecular weight is 601 g/mol. The van der Waals surface area contributed by atoms with E-state index in [0.717, 1.165) is 22.1 Å². The number of benzene rings is 9. The third kappa shape index (κ3) is 3.24. The van der Waals surface area contributed by atoms with Crippen LogP contribution in [0, 0.1) is 0 Å². The van der Waals surface area contributed by atoms with Gasteiger partial charge in [0.25, 0.3) is 0 Å². The van der Waals surface area contributed by atoms with Crippen LogP contribution < -0.4 is 0 Å². The predicted octanol–water partition coefficient (Wildman–Crippen LogP) is 13.3. The van der Waals surface area contributed by atoms with Crippen LogP contribution in [0.25, 0.3) is 107 Å². The van der Waals surface area contributed by atoms with Crippen LogP contribution >= 0.6 is 11.3 Å². The summed E-state index contributed by atoms with van der Waals surface area (Å²) in [5, 5.41) is 15.1. The molecule has 0 saturated carbocycles. The zero-order valence-electron chi connectivity index (χ0n) is 24.7. The van der Waals surface area contributed by atoms with E-state index in [4.69, 9.17) is 4.42 Å². The third-order valence-electron chi connectivity index (χ3n) is 10.0. The van der Waals surface area contributed by atoms with Crippen LogP contribution in [0.5, 0.6) is 0 Å². The maximum absolute atomic E-state index is 6.96. The van der Waals surface area contributed by atoms with Crippen molar-refractivity contribution < 1.29 is 4.42 Å². The summed E-state index contributed by atoms with van der Waals surface area (Å²) in [5.41, 5.74) is 6.65. The van der Waals surface area contributed by atoms with E-state index >= 15 is 0 Å². The summed E-state index contributed by atoms with van der Waals surface area (Å²) in [6, 6.07) is 53.5. The van der Waals surface area contributed by atoms with E-state index in [1.807, 2.05) is 11.3 Å². The molecule has 0 saturated heterocycles. The second kappa shape index (κ2) is 8.94. The molecule has 11 aromatic rings. The molecule has 0 aliphatic heterocycles. The molecule has 46 heavy (non-hydrogen) atoms. The molecule has 0 amide bonds. The second-order valence-corrected chi connectivity index (χ2v) is 13.5. The number of thiophene rings is 1. The fourth-order valence-corrected chi connectivity index (χ4v) is 9.16. The molecule has 0 spiro atoms. The Kier molecular flexibility index (Phi) is 4.78. The smallest absolute Gasteiger partial charge is 0.143 e. The molecular weight excluding hydrogens is 577 g/mol. The van der Waals surface area contributed by atoms with E-state index in [9.17, 15) is 0 Å². The molecule has 212 valence electrons. The highest BCUT2D eigenvalue weighted by atomic mass is 32.1. The van der Waals surface area contributed by atoms with Gasteiger partial charge in [0, 0.05) is 42.1 Å². The highest BCUT2D eigenvalue weighted by Crippen LogP contribution is 2.48. The molecular formula is C44H24OS. The van der Waals surface area contributed by atoms with Crippen molar-refractivity contribution in [2.75, 3.05) is 0 Å². The average Bonchev–Trinajstić information content (AvgIpc) is 3.68. The minimum Gasteiger partial charge on any atom is -0.455 e. The van der Waals surface area contributed by atoms with Crippen LogP contribution in [0.1, 0.15) is 0 Å². The van der Waals surface area contributed by atoms with Gasteiger partial charge in [-0.2, -0.15) is 0 Å². The van der Waals surface area contributed by atoms with Gasteiger partial charge in [-0.15, -0.1) is 11.3 Å². The fourth-order valence-electron chi connectivity index (χ4n) is 7.93. The molecule has 2 aromatic heterocycles. The van der Waals surface area contributed by atoms with Crippen LogP contribution in [0.15, 0.2) is 150 Å². The summed E-state index contributed by atoms with van der Waals surface area (Å²) in [6.07, 6.45) is 0. The highest BCUT2D eigenvalue weighted by molar-refractivity contribution is 7.26. The summed E-state index contributed by atoms with van der Waals surface area (Å²) >= 11 is 1.87. The van der Waals surface area contributed by atoms with Gasteiger partial charge in [-0.1, -0.05) is 121 Å². The standard InChI is InChI=1S/C44H24OS/c1-2-8-29-24-38-37(23-28(29)7-1)42-33(30-19-17-27-16-15-25-9-5-10-26-18-20-32(30)41(27)40(25)26)21-22-34(43(42)45-38)36-13-6-12-35-31-11-3-4-14-39(31)46-44(35)36/h1-24H. The van der Waals surface area contributed by atoms with Gasteiger partial charge >= 0.3 is 0 Å². The minimum absolute atomic E-state index is 0.920. The number of hydrogen-bond acceptors (Lipinski definition) is 2. The predicted molar refractivity (Wildman–Crippen MR) is 199 cm³/mol. The van der Waals surface area contributed by atoms with Gasteiger partial charge in [0.2, 0.25) is 0 Å². The SMILES string of the molecule is c1ccc2cc3c(cc2c1)oc1c(-c2cccc4c2sc2ccccc24)ccc(-c2ccc4ccc5cccc6ccc2c4c56)c13. The molecule has 0 fully saturated rings. The van der Waals surface area contributed by atoms with Crippen molar-refractivity contribution >= 4 is 96.5 Å². The molecule has 9 aromatic carbocycles. The molecule has 0 unspecified atom stereocenters. The Hall–Kier alpha value is -5.70. The van der Waals surface area contributed by atoms with Crippen LogP contribution in [-0.4, -0.2) is 0 Å². The lowest BCUT2D eigenvalue weighted by Gasteiger charge is -2.15. The normalized spacial score (nSPS) is 12.3. The lowest BCUT2D eigenvalue weighted by atomic mass is 9.87. The van der Waals surface area contributed by atoms with E-state index < -0.39 is 0 Å². The van der Waals surface area contributed by atoms with Crippen molar-refractivity contribution in [2.24, 2.45) is 0 Å². The number of fused-ring (bicyclic) bond motifs is 7. The molecule has 0 bridgehead atoms. The van der Waals surface area contributed by atoms with Crippen molar-refractivity contribution in [2.45, 2.75) is 0 Å². The lowest BCUT2D eigenvalue weighted by molar-refractivity contribution is 0.670. The van der Waals surface area contributed by atoms with E-state index in [1.54, 1.807) is 0 Å². The summed E-state index contributed by atoms with van der Waals surface area (Å²) < 4.78 is 9.57. The van der Waals surface area contributed by atoms with Crippen LogP contribution in [-0.2, 0) is 0 Å². The minimum atomic E-state index is 0.920. The number of furan rings is 1. The van der Waals surface area contributed by atoms with Gasteiger partial charge in [-0.05, 0) is 78.5 Å². The van der Waals surface area contributed by atoms with Gasteiger partial charge in [0.1, 0.15) is 11.2 Å². The maximum atomic E-state index is 6.96. The Balaban J connectivity index is 1.29. The molecule has 0 aliphatic carbocycles. The van der Waals surface area contributed by atoms with Crippen LogP contribution in [0.4, 0.5) is 0 Å². The molecule has 0 N–H and O–H groups in total. The zero-order chi connectivity index (χ0) is 29.9. The van der Waals surface area contributed by atoms with Crippen LogP contribution in [0.3, 0.4) is 0 Å². The van der Waals surface area contributed by atoms with Gasteiger partial charge in [0.05, 0.1) is 0 Å². The highest BCUT2D eigenvalue weighted by Gasteiger charge is 2.22. The molecule has 2 heterocycles. The van der Waals surface area contributed by atoms with Crippen molar-refractivity contribution in [3.63, 3.8) is 0 Å². The Morgan fingerprint density at radius 3 is 1.91 bits per heavy atom. The Bertz CT molecular complexity index is 3010. The van der Waals surface area contributed by atoms with E-state index in [-0.39, 0.29) is 0 Å². The van der Waals surface area contributed by atoms with Crippen LogP contribution in [0.2, 0.25) is 0 Å². The second-order valence-electron chi connectivity index (χ2n) is 12.4. The van der Waals surface area contributed by atoms with Crippen molar-refractivity contribution in [3.8, 4) is 22.3 Å². The molecule has 11 rings (SSSR count). The monoisotopic (exact) mass is 600 g/mol. The Morgan fingerprint density at radius 2 is 1.02 bits per heavy atom. The number of hydrogen-bond donors (Lipinski definition) is 0. The molecule has 1 nitrogen and oxygen atoms in total. The number of rotatable bonds is 2. The van der Waals surface area contributed by atoms with Gasteiger partial charge in [0.15, 0.2) is 0 Å². The van der Waals surface area contributed by atoms with E-state index in [2.05, 4.69) is 146 Å². The molecule has 0 aliphatic rings. The van der Waals surface area contributed by atoms with Crippen molar-refractivity contribution in [3.05, 3.63) is 146 Å². The van der Waals surface area contributed by atoms with Crippen molar-refractivity contribution in [1.29, 1.82) is 0 Å². The first-order valence-corrected chi connectivity index (χ1v) is 16.6. The third-order valence-corrected chi connectivity index (χ3v) is 11.2. The topological polar surface area (TPSA) is 13.1 Å². The molecule has 2 heteroatoms. The molecule has 0 radical (unpaired) electrons.